The Kier molecular flexibility index (Phi) is 4.52. The second-order valence-electron chi connectivity index (χ2n) is 5.09. The van der Waals surface area contributed by atoms with Crippen LogP contribution in [0.5, 0.6) is 5.75 Å². The SMILES string of the molecule is Cc1ccc(C(=O)c2ccccc2OP(=O)(O)O)c(C)c1C. The van der Waals surface area contributed by atoms with Gasteiger partial charge >= 0.3 is 7.82 Å². The van der Waals surface area contributed by atoms with Crippen LogP contribution in [-0.4, -0.2) is 15.6 Å². The number of hydrogen-bond donors (Lipinski definition) is 2. The topological polar surface area (TPSA) is 83.8 Å². The number of benzene rings is 2. The molecule has 0 saturated heterocycles. The minimum Gasteiger partial charge on any atom is -0.403 e. The molecule has 0 aliphatic heterocycles. The molecule has 2 aromatic rings. The van der Waals surface area contributed by atoms with Crippen molar-refractivity contribution < 1.29 is 23.7 Å². The third-order valence-electron chi connectivity index (χ3n) is 3.65. The van der Waals surface area contributed by atoms with Crippen LogP contribution in [0.25, 0.3) is 0 Å². The summed E-state index contributed by atoms with van der Waals surface area (Å²) in [5.41, 5.74) is 3.55. The second kappa shape index (κ2) is 6.05. The molecule has 0 bridgehead atoms. The van der Waals surface area contributed by atoms with Crippen LogP contribution < -0.4 is 4.52 Å². The number of ketones is 1. The quantitative estimate of drug-likeness (QED) is 0.667. The fourth-order valence-corrected chi connectivity index (χ4v) is 2.62. The molecule has 116 valence electrons. The lowest BCUT2D eigenvalue weighted by Gasteiger charge is -2.14. The molecule has 0 heterocycles. The Bertz CT molecular complexity index is 776. The molecule has 6 heteroatoms. The second-order valence-corrected chi connectivity index (χ2v) is 6.25. The van der Waals surface area contributed by atoms with E-state index in [1.165, 1.54) is 12.1 Å². The zero-order valence-electron chi connectivity index (χ0n) is 12.5. The fourth-order valence-electron chi connectivity index (χ4n) is 2.21. The van der Waals surface area contributed by atoms with E-state index in [1.54, 1.807) is 18.2 Å². The summed E-state index contributed by atoms with van der Waals surface area (Å²) in [4.78, 5) is 30.6. The van der Waals surface area contributed by atoms with Gasteiger partial charge in [-0.25, -0.2) is 4.57 Å². The highest BCUT2D eigenvalue weighted by Gasteiger charge is 2.22. The lowest BCUT2D eigenvalue weighted by Crippen LogP contribution is -2.07. The van der Waals surface area contributed by atoms with Crippen molar-refractivity contribution in [2.24, 2.45) is 0 Å². The smallest absolute Gasteiger partial charge is 0.403 e. The first-order chi connectivity index (χ1) is 10.2. The van der Waals surface area contributed by atoms with Gasteiger partial charge in [-0.2, -0.15) is 0 Å². The van der Waals surface area contributed by atoms with Crippen molar-refractivity contribution in [3.05, 3.63) is 64.2 Å². The summed E-state index contributed by atoms with van der Waals surface area (Å²) < 4.78 is 15.7. The Balaban J connectivity index is 2.51. The van der Waals surface area contributed by atoms with Crippen LogP contribution in [0, 0.1) is 20.8 Å². The van der Waals surface area contributed by atoms with Crippen LogP contribution in [-0.2, 0) is 4.57 Å². The zero-order valence-corrected chi connectivity index (χ0v) is 13.4. The minimum atomic E-state index is -4.73. The molecule has 0 saturated carbocycles. The van der Waals surface area contributed by atoms with Crippen molar-refractivity contribution in [2.45, 2.75) is 20.8 Å². The highest BCUT2D eigenvalue weighted by molar-refractivity contribution is 7.46. The van der Waals surface area contributed by atoms with E-state index in [1.807, 2.05) is 26.8 Å². The molecule has 0 fully saturated rings. The van der Waals surface area contributed by atoms with Gasteiger partial charge in [0, 0.05) is 5.56 Å². The average Bonchev–Trinajstić information content (AvgIpc) is 2.43. The summed E-state index contributed by atoms with van der Waals surface area (Å²) in [5.74, 6) is -0.455. The summed E-state index contributed by atoms with van der Waals surface area (Å²) in [6.07, 6.45) is 0. The Morgan fingerprint density at radius 3 is 2.23 bits per heavy atom. The van der Waals surface area contributed by atoms with Crippen molar-refractivity contribution in [2.75, 3.05) is 0 Å². The number of carbonyl (C=O) groups excluding carboxylic acids is 1. The normalized spacial score (nSPS) is 11.3. The van der Waals surface area contributed by atoms with E-state index in [0.717, 1.165) is 16.7 Å². The highest BCUT2D eigenvalue weighted by atomic mass is 31.2. The van der Waals surface area contributed by atoms with Gasteiger partial charge in [-0.05, 0) is 49.6 Å². The lowest BCUT2D eigenvalue weighted by atomic mass is 9.93. The molecular formula is C16H17O5P. The predicted octanol–water partition coefficient (Wildman–Crippen LogP) is 3.31. The van der Waals surface area contributed by atoms with Gasteiger partial charge in [-0.3, -0.25) is 14.6 Å². The minimum absolute atomic E-state index is 0.122. The van der Waals surface area contributed by atoms with Crippen molar-refractivity contribution in [3.8, 4) is 5.75 Å². The Labute approximate surface area is 128 Å². The molecule has 5 nitrogen and oxygen atoms in total. The van der Waals surface area contributed by atoms with Crippen LogP contribution in [0.3, 0.4) is 0 Å². The number of phosphoric ester groups is 1. The molecule has 0 aliphatic carbocycles. The molecular weight excluding hydrogens is 303 g/mol. The van der Waals surface area contributed by atoms with E-state index in [2.05, 4.69) is 4.52 Å². The number of carbonyl (C=O) groups is 1. The lowest BCUT2D eigenvalue weighted by molar-refractivity contribution is 0.103. The summed E-state index contributed by atoms with van der Waals surface area (Å²) in [5, 5.41) is 0. The first kappa shape index (κ1) is 16.4. The molecule has 0 atom stereocenters. The Morgan fingerprint density at radius 1 is 0.955 bits per heavy atom. The number of phosphoric acid groups is 1. The van der Waals surface area contributed by atoms with E-state index < -0.39 is 7.82 Å². The van der Waals surface area contributed by atoms with Crippen LogP contribution in [0.4, 0.5) is 0 Å². The van der Waals surface area contributed by atoms with Crippen molar-refractivity contribution in [1.82, 2.24) is 0 Å². The molecule has 2 rings (SSSR count). The summed E-state index contributed by atoms with van der Waals surface area (Å²) in [6.45, 7) is 5.74. The van der Waals surface area contributed by atoms with E-state index in [9.17, 15) is 9.36 Å². The summed E-state index contributed by atoms with van der Waals surface area (Å²) in [6, 6.07) is 9.59. The Morgan fingerprint density at radius 2 is 1.59 bits per heavy atom. The van der Waals surface area contributed by atoms with Crippen LogP contribution in [0.2, 0.25) is 0 Å². The number of hydrogen-bond acceptors (Lipinski definition) is 3. The average molecular weight is 320 g/mol. The molecule has 0 spiro atoms. The van der Waals surface area contributed by atoms with Gasteiger partial charge in [0.25, 0.3) is 0 Å². The Hall–Kier alpha value is -1.94. The van der Waals surface area contributed by atoms with Gasteiger partial charge in [0.05, 0.1) is 5.56 Å². The number of rotatable bonds is 4. The molecule has 0 aliphatic rings. The van der Waals surface area contributed by atoms with Crippen molar-refractivity contribution in [1.29, 1.82) is 0 Å². The van der Waals surface area contributed by atoms with Gasteiger partial charge in [0.1, 0.15) is 5.75 Å². The van der Waals surface area contributed by atoms with Crippen LogP contribution in [0.15, 0.2) is 36.4 Å². The van der Waals surface area contributed by atoms with Crippen LogP contribution in [0.1, 0.15) is 32.6 Å². The van der Waals surface area contributed by atoms with E-state index >= 15 is 0 Å². The molecule has 22 heavy (non-hydrogen) atoms. The van der Waals surface area contributed by atoms with Crippen LogP contribution >= 0.6 is 7.82 Å². The number of aryl methyl sites for hydroxylation is 1. The van der Waals surface area contributed by atoms with Gasteiger partial charge in [0.2, 0.25) is 0 Å². The molecule has 2 aromatic carbocycles. The number of para-hydroxylation sites is 1. The molecule has 0 radical (unpaired) electrons. The molecule has 2 N–H and O–H groups in total. The van der Waals surface area contributed by atoms with Crippen molar-refractivity contribution >= 4 is 13.6 Å². The van der Waals surface area contributed by atoms with Gasteiger partial charge in [-0.15, -0.1) is 0 Å². The largest absolute Gasteiger partial charge is 0.524 e. The summed E-state index contributed by atoms with van der Waals surface area (Å²) in [7, 11) is -4.73. The van der Waals surface area contributed by atoms with Crippen molar-refractivity contribution in [3.63, 3.8) is 0 Å². The maximum Gasteiger partial charge on any atom is 0.524 e. The van der Waals surface area contributed by atoms with E-state index in [4.69, 9.17) is 9.79 Å². The maximum absolute atomic E-state index is 12.7. The zero-order chi connectivity index (χ0) is 16.5. The summed E-state index contributed by atoms with van der Waals surface area (Å²) >= 11 is 0. The first-order valence-corrected chi connectivity index (χ1v) is 8.19. The van der Waals surface area contributed by atoms with Gasteiger partial charge in [-0.1, -0.05) is 24.3 Å². The monoisotopic (exact) mass is 320 g/mol. The highest BCUT2D eigenvalue weighted by Crippen LogP contribution is 2.39. The van der Waals surface area contributed by atoms with Gasteiger partial charge < -0.3 is 4.52 Å². The van der Waals surface area contributed by atoms with E-state index in [0.29, 0.717) is 5.56 Å². The third kappa shape index (κ3) is 3.45. The third-order valence-corrected chi connectivity index (χ3v) is 4.09. The molecule has 0 amide bonds. The first-order valence-electron chi connectivity index (χ1n) is 6.66. The molecule has 0 aromatic heterocycles. The molecule has 0 unspecified atom stereocenters. The standard InChI is InChI=1S/C16H17O5P/c1-10-8-9-13(12(3)11(10)2)16(17)14-6-4-5-7-15(14)21-22(18,19)20/h4-9H,1-3H3,(H2,18,19,20). The fraction of sp³-hybridized carbons (Fsp3) is 0.188. The maximum atomic E-state index is 12.7. The van der Waals surface area contributed by atoms with E-state index in [-0.39, 0.29) is 17.1 Å². The van der Waals surface area contributed by atoms with Gasteiger partial charge in [0.15, 0.2) is 5.78 Å². The predicted molar refractivity (Wildman–Crippen MR) is 83.2 cm³/mol.